The van der Waals surface area contributed by atoms with Crippen LogP contribution in [0.5, 0.6) is 0 Å². The third kappa shape index (κ3) is 4.09. The highest BCUT2D eigenvalue weighted by atomic mass is 32.1. The fourth-order valence-corrected chi connectivity index (χ4v) is 3.05. The number of ether oxygens (including phenoxy) is 1. The number of hydrogen-bond acceptors (Lipinski definition) is 7. The van der Waals surface area contributed by atoms with Gasteiger partial charge in [-0.05, 0) is 6.92 Å². The molecule has 0 bridgehead atoms. The van der Waals surface area contributed by atoms with Crippen molar-refractivity contribution in [1.82, 2.24) is 24.6 Å². The quantitative estimate of drug-likeness (QED) is 0.857. The van der Waals surface area contributed by atoms with Crippen LogP contribution in [0.4, 0.5) is 5.13 Å². The van der Waals surface area contributed by atoms with Crippen LogP contribution < -0.4 is 5.32 Å². The number of carbonyl (C=O) groups excluding carboxylic acids is 1. The molecule has 2 aromatic rings. The van der Waals surface area contributed by atoms with Gasteiger partial charge in [0.15, 0.2) is 5.13 Å². The van der Waals surface area contributed by atoms with Crippen LogP contribution >= 0.6 is 11.3 Å². The molecule has 0 aliphatic carbocycles. The lowest BCUT2D eigenvalue weighted by Crippen LogP contribution is -2.47. The summed E-state index contributed by atoms with van der Waals surface area (Å²) < 4.78 is 7.46. The Morgan fingerprint density at radius 2 is 2.50 bits per heavy atom. The minimum absolute atomic E-state index is 0.0188. The molecule has 1 atom stereocenters. The van der Waals surface area contributed by atoms with Gasteiger partial charge >= 0.3 is 0 Å². The maximum atomic E-state index is 12.1. The number of carbonyl (C=O) groups is 1. The van der Waals surface area contributed by atoms with Gasteiger partial charge in [-0.15, -0.1) is 11.3 Å². The molecule has 0 saturated carbocycles. The molecule has 1 amide bonds. The summed E-state index contributed by atoms with van der Waals surface area (Å²) in [6.07, 6.45) is 3.19. The van der Waals surface area contributed by atoms with E-state index in [2.05, 4.69) is 25.3 Å². The zero-order valence-electron chi connectivity index (χ0n) is 12.3. The first kappa shape index (κ1) is 15.1. The van der Waals surface area contributed by atoms with Crippen molar-refractivity contribution in [3.8, 4) is 0 Å². The number of hydrogen-bond donors (Lipinski definition) is 1. The molecule has 3 heterocycles. The van der Waals surface area contributed by atoms with Crippen LogP contribution in [0.1, 0.15) is 5.69 Å². The van der Waals surface area contributed by atoms with E-state index in [1.165, 1.54) is 17.7 Å². The summed E-state index contributed by atoms with van der Waals surface area (Å²) in [6, 6.07) is 0. The van der Waals surface area contributed by atoms with Gasteiger partial charge in [-0.25, -0.2) is 9.97 Å². The molecule has 1 fully saturated rings. The van der Waals surface area contributed by atoms with Gasteiger partial charge in [0.25, 0.3) is 0 Å². The Kier molecular flexibility index (Phi) is 4.76. The Balaban J connectivity index is 1.48. The Morgan fingerprint density at radius 3 is 3.23 bits per heavy atom. The minimum Gasteiger partial charge on any atom is -0.374 e. The van der Waals surface area contributed by atoms with E-state index in [-0.39, 0.29) is 12.0 Å². The summed E-state index contributed by atoms with van der Waals surface area (Å²) in [5.74, 6) is -0.0456. The topological polar surface area (TPSA) is 85.2 Å². The van der Waals surface area contributed by atoms with Gasteiger partial charge in [-0.1, -0.05) is 0 Å². The van der Waals surface area contributed by atoms with Gasteiger partial charge < -0.3 is 10.1 Å². The largest absolute Gasteiger partial charge is 0.374 e. The molecule has 118 valence electrons. The van der Waals surface area contributed by atoms with E-state index in [0.29, 0.717) is 31.4 Å². The highest BCUT2D eigenvalue weighted by Gasteiger charge is 2.23. The fraction of sp³-hybridized carbons (Fsp3) is 0.538. The number of nitrogens with one attached hydrogen (secondary N) is 1. The average molecular weight is 322 g/mol. The standard InChI is InChI=1S/C13H18N6O2S/c1-10-7-22-13(16-10)17-12(20)6-18-2-3-21-11(4-18)5-19-9-14-8-15-19/h7-9,11H,2-6H2,1H3,(H,16,17,20)/t11-/m1/s1. The molecule has 0 aromatic carbocycles. The number of anilines is 1. The van der Waals surface area contributed by atoms with Crippen molar-refractivity contribution in [2.75, 3.05) is 31.6 Å². The Bertz CT molecular complexity index is 614. The van der Waals surface area contributed by atoms with Gasteiger partial charge in [0.2, 0.25) is 5.91 Å². The number of amides is 1. The van der Waals surface area contributed by atoms with E-state index in [4.69, 9.17) is 4.74 Å². The monoisotopic (exact) mass is 322 g/mol. The zero-order chi connectivity index (χ0) is 15.4. The Morgan fingerprint density at radius 1 is 1.59 bits per heavy atom. The second-order valence-corrected chi connectivity index (χ2v) is 6.05. The molecule has 0 unspecified atom stereocenters. The number of aryl methyl sites for hydroxylation is 1. The lowest BCUT2D eigenvalue weighted by atomic mass is 10.2. The van der Waals surface area contributed by atoms with E-state index in [9.17, 15) is 4.79 Å². The van der Waals surface area contributed by atoms with Crippen LogP contribution in [0.2, 0.25) is 0 Å². The van der Waals surface area contributed by atoms with Gasteiger partial charge in [0, 0.05) is 18.5 Å². The van der Waals surface area contributed by atoms with Crippen LogP contribution in [0.25, 0.3) is 0 Å². The third-order valence-corrected chi connectivity index (χ3v) is 4.19. The molecule has 22 heavy (non-hydrogen) atoms. The second kappa shape index (κ2) is 6.95. The van der Waals surface area contributed by atoms with E-state index in [1.807, 2.05) is 12.3 Å². The summed E-state index contributed by atoms with van der Waals surface area (Å²) in [7, 11) is 0. The number of rotatable bonds is 5. The minimum atomic E-state index is -0.0456. The highest BCUT2D eigenvalue weighted by Crippen LogP contribution is 2.14. The predicted molar refractivity (Wildman–Crippen MR) is 81.7 cm³/mol. The van der Waals surface area contributed by atoms with Crippen molar-refractivity contribution in [2.24, 2.45) is 0 Å². The summed E-state index contributed by atoms with van der Waals surface area (Å²) in [6.45, 7) is 4.95. The molecule has 1 saturated heterocycles. The maximum Gasteiger partial charge on any atom is 0.240 e. The van der Waals surface area contributed by atoms with E-state index in [1.54, 1.807) is 11.0 Å². The molecule has 8 nitrogen and oxygen atoms in total. The Hall–Kier alpha value is -1.84. The molecule has 0 radical (unpaired) electrons. The molecule has 3 rings (SSSR count). The van der Waals surface area contributed by atoms with E-state index >= 15 is 0 Å². The van der Waals surface area contributed by atoms with Gasteiger partial charge in [0.05, 0.1) is 31.5 Å². The summed E-state index contributed by atoms with van der Waals surface area (Å²) in [5.41, 5.74) is 0.916. The molecule has 1 N–H and O–H groups in total. The first-order valence-corrected chi connectivity index (χ1v) is 7.95. The normalized spacial score (nSPS) is 19.2. The third-order valence-electron chi connectivity index (χ3n) is 3.31. The lowest BCUT2D eigenvalue weighted by Gasteiger charge is -2.32. The van der Waals surface area contributed by atoms with Crippen LogP contribution in [0.3, 0.4) is 0 Å². The smallest absolute Gasteiger partial charge is 0.240 e. The van der Waals surface area contributed by atoms with Gasteiger partial charge in [-0.2, -0.15) is 5.10 Å². The SMILES string of the molecule is Cc1csc(NC(=O)CN2CCO[C@@H](Cn3cncn3)C2)n1. The lowest BCUT2D eigenvalue weighted by molar-refractivity contribution is -0.119. The molecule has 9 heteroatoms. The maximum absolute atomic E-state index is 12.1. The summed E-state index contributed by atoms with van der Waals surface area (Å²) in [4.78, 5) is 22.3. The van der Waals surface area contributed by atoms with Gasteiger partial charge in [0.1, 0.15) is 12.7 Å². The molecular formula is C13H18N6O2S. The zero-order valence-corrected chi connectivity index (χ0v) is 13.1. The highest BCUT2D eigenvalue weighted by molar-refractivity contribution is 7.13. The van der Waals surface area contributed by atoms with Crippen molar-refractivity contribution >= 4 is 22.4 Å². The molecule has 0 spiro atoms. The van der Waals surface area contributed by atoms with Gasteiger partial charge in [-0.3, -0.25) is 14.4 Å². The predicted octanol–water partition coefficient (Wildman–Crippen LogP) is 0.383. The molecule has 1 aliphatic heterocycles. The number of thiazole rings is 1. The Labute approximate surface area is 132 Å². The molecule has 1 aliphatic rings. The van der Waals surface area contributed by atoms with Crippen molar-refractivity contribution < 1.29 is 9.53 Å². The number of aromatic nitrogens is 4. The summed E-state index contributed by atoms with van der Waals surface area (Å²) in [5, 5.41) is 9.47. The van der Waals surface area contributed by atoms with E-state index < -0.39 is 0 Å². The van der Waals surface area contributed by atoms with Crippen LogP contribution in [-0.4, -0.2) is 62.9 Å². The van der Waals surface area contributed by atoms with E-state index in [0.717, 1.165) is 12.2 Å². The van der Waals surface area contributed by atoms with Crippen LogP contribution in [0.15, 0.2) is 18.0 Å². The first-order valence-electron chi connectivity index (χ1n) is 7.07. The summed E-state index contributed by atoms with van der Waals surface area (Å²) >= 11 is 1.44. The van der Waals surface area contributed by atoms with Crippen molar-refractivity contribution in [1.29, 1.82) is 0 Å². The molecular weight excluding hydrogens is 304 g/mol. The van der Waals surface area contributed by atoms with Crippen LogP contribution in [-0.2, 0) is 16.1 Å². The fourth-order valence-electron chi connectivity index (χ4n) is 2.34. The first-order chi connectivity index (χ1) is 10.7. The van der Waals surface area contributed by atoms with Crippen molar-refractivity contribution in [3.05, 3.63) is 23.7 Å². The van der Waals surface area contributed by atoms with Crippen molar-refractivity contribution in [2.45, 2.75) is 19.6 Å². The van der Waals surface area contributed by atoms with Crippen LogP contribution in [0, 0.1) is 6.92 Å². The number of morpholine rings is 1. The average Bonchev–Trinajstić information content (AvgIpc) is 3.11. The van der Waals surface area contributed by atoms with Crippen molar-refractivity contribution in [3.63, 3.8) is 0 Å². The molecule has 2 aromatic heterocycles. The number of nitrogens with zero attached hydrogens (tertiary/aromatic N) is 5. The second-order valence-electron chi connectivity index (χ2n) is 5.19.